The second kappa shape index (κ2) is 9.58. The Morgan fingerprint density at radius 1 is 1.19 bits per heavy atom. The summed E-state index contributed by atoms with van der Waals surface area (Å²) in [5, 5.41) is 11.1. The zero-order chi connectivity index (χ0) is 20.0. The second-order valence-electron chi connectivity index (χ2n) is 5.73. The van der Waals surface area contributed by atoms with Gasteiger partial charge in [-0.3, -0.25) is 5.32 Å². The highest BCUT2D eigenvalue weighted by atomic mass is 79.9. The molecule has 7 heteroatoms. The number of alkyl carbamates (subject to hydrolysis) is 1. The molecule has 2 rings (SSSR count). The first-order valence-electron chi connectivity index (χ1n) is 8.15. The molecule has 0 unspecified atom stereocenters. The Balaban J connectivity index is 2.24. The Bertz CT molecular complexity index is 866. The van der Waals surface area contributed by atoms with Gasteiger partial charge in [0.15, 0.2) is 5.76 Å². The van der Waals surface area contributed by atoms with Gasteiger partial charge in [-0.1, -0.05) is 57.9 Å². The Hall–Kier alpha value is -2.31. The molecular weight excluding hydrogens is 432 g/mol. The lowest BCUT2D eigenvalue weighted by molar-refractivity contribution is 0.110. The fraction of sp³-hybridized carbons (Fsp3) is 0.200. The van der Waals surface area contributed by atoms with E-state index in [9.17, 15) is 4.79 Å². The summed E-state index contributed by atoms with van der Waals surface area (Å²) in [6.45, 7) is 3.29. The molecule has 0 aliphatic carbocycles. The lowest BCUT2D eigenvalue weighted by Gasteiger charge is -2.18. The summed E-state index contributed by atoms with van der Waals surface area (Å²) < 4.78 is 11.8. The summed E-state index contributed by atoms with van der Waals surface area (Å²) in [7, 11) is 1.49. The molecule has 0 aliphatic rings. The van der Waals surface area contributed by atoms with Crippen LogP contribution in [0.4, 0.5) is 4.79 Å². The molecule has 0 saturated carbocycles. The number of hydrogen-bond donors (Lipinski definition) is 2. The van der Waals surface area contributed by atoms with E-state index in [-0.39, 0.29) is 11.4 Å². The van der Waals surface area contributed by atoms with Crippen LogP contribution in [0.5, 0.6) is 0 Å². The number of benzene rings is 2. The molecule has 1 atom stereocenters. The zero-order valence-electron chi connectivity index (χ0n) is 15.2. The van der Waals surface area contributed by atoms with E-state index in [0.29, 0.717) is 16.3 Å². The summed E-state index contributed by atoms with van der Waals surface area (Å²) in [5.74, 6) is 0.373. The van der Waals surface area contributed by atoms with Gasteiger partial charge in [0, 0.05) is 20.6 Å². The molecule has 0 radical (unpaired) electrons. The van der Waals surface area contributed by atoms with Gasteiger partial charge in [-0.2, -0.15) is 0 Å². The van der Waals surface area contributed by atoms with Gasteiger partial charge in [-0.15, -0.1) is 0 Å². The second-order valence-corrected chi connectivity index (χ2v) is 7.06. The number of rotatable bonds is 6. The van der Waals surface area contributed by atoms with Gasteiger partial charge in [-0.05, 0) is 32.0 Å². The maximum atomic E-state index is 12.4. The molecular formula is C20H20BrClN2O3. The number of allylic oxidation sites excluding steroid dienone is 1. The van der Waals surface area contributed by atoms with E-state index in [2.05, 4.69) is 21.2 Å². The van der Waals surface area contributed by atoms with E-state index in [1.165, 1.54) is 7.11 Å². The van der Waals surface area contributed by atoms with Crippen molar-refractivity contribution in [2.45, 2.75) is 20.0 Å². The smallest absolute Gasteiger partial charge is 0.412 e. The van der Waals surface area contributed by atoms with Crippen molar-refractivity contribution in [3.05, 3.63) is 74.9 Å². The van der Waals surface area contributed by atoms with Gasteiger partial charge >= 0.3 is 6.09 Å². The average molecular weight is 452 g/mol. The minimum atomic E-state index is -0.698. The quantitative estimate of drug-likeness (QED) is 0.421. The monoisotopic (exact) mass is 450 g/mol. The van der Waals surface area contributed by atoms with Crippen molar-refractivity contribution in [2.75, 3.05) is 7.11 Å². The molecule has 2 aromatic carbocycles. The fourth-order valence-electron chi connectivity index (χ4n) is 2.45. The van der Waals surface area contributed by atoms with Gasteiger partial charge in [0.1, 0.15) is 11.8 Å². The third kappa shape index (κ3) is 5.58. The predicted molar refractivity (Wildman–Crippen MR) is 111 cm³/mol. The summed E-state index contributed by atoms with van der Waals surface area (Å²) in [6.07, 6.45) is -1.25. The number of amides is 1. The highest BCUT2D eigenvalue weighted by Crippen LogP contribution is 2.26. The molecule has 142 valence electrons. The molecule has 0 aromatic heterocycles. The van der Waals surface area contributed by atoms with Crippen LogP contribution in [0.1, 0.15) is 31.1 Å². The number of carbonyl (C=O) groups is 1. The number of methoxy groups -OCH3 is 1. The van der Waals surface area contributed by atoms with E-state index in [0.717, 1.165) is 10.0 Å². The first-order chi connectivity index (χ1) is 12.8. The standard InChI is InChI=1S/C20H20BrClN2O3/c1-12(23)18(19(26-3)14-8-10-15(21)11-9-14)24-20(25)27-13(2)16-6-4-5-7-17(16)22/h4-11,13,23H,1-3H3,(H,24,25)/b19-18+,23-12?/t13-/m1/s1. The van der Waals surface area contributed by atoms with E-state index in [1.807, 2.05) is 30.3 Å². The van der Waals surface area contributed by atoms with Crippen molar-refractivity contribution >= 4 is 45.1 Å². The molecule has 0 fully saturated rings. The van der Waals surface area contributed by atoms with Crippen molar-refractivity contribution in [1.82, 2.24) is 5.32 Å². The number of hydrogen-bond acceptors (Lipinski definition) is 4. The average Bonchev–Trinajstić information content (AvgIpc) is 2.63. The Morgan fingerprint density at radius 3 is 2.37 bits per heavy atom. The van der Waals surface area contributed by atoms with E-state index >= 15 is 0 Å². The van der Waals surface area contributed by atoms with Gasteiger partial charge in [0.2, 0.25) is 0 Å². The Labute approximate surface area is 172 Å². The molecule has 0 spiro atoms. The fourth-order valence-corrected chi connectivity index (χ4v) is 3.00. The minimum Gasteiger partial charge on any atom is -0.494 e. The van der Waals surface area contributed by atoms with E-state index < -0.39 is 12.2 Å². The Morgan fingerprint density at radius 2 is 1.81 bits per heavy atom. The van der Waals surface area contributed by atoms with Crippen molar-refractivity contribution in [3.63, 3.8) is 0 Å². The summed E-state index contributed by atoms with van der Waals surface area (Å²) in [4.78, 5) is 12.4. The first-order valence-corrected chi connectivity index (χ1v) is 9.32. The van der Waals surface area contributed by atoms with Crippen LogP contribution in [0, 0.1) is 5.41 Å². The molecule has 5 nitrogen and oxygen atoms in total. The van der Waals surface area contributed by atoms with Gasteiger partial charge in [0.05, 0.1) is 12.8 Å². The van der Waals surface area contributed by atoms with Crippen molar-refractivity contribution < 1.29 is 14.3 Å². The highest BCUT2D eigenvalue weighted by molar-refractivity contribution is 9.10. The molecule has 2 aromatic rings. The van der Waals surface area contributed by atoms with Crippen LogP contribution in [0.25, 0.3) is 5.76 Å². The number of carbonyl (C=O) groups excluding carboxylic acids is 1. The lowest BCUT2D eigenvalue weighted by atomic mass is 10.1. The Kier molecular flexibility index (Phi) is 7.45. The summed E-state index contributed by atoms with van der Waals surface area (Å²) >= 11 is 9.52. The molecule has 2 N–H and O–H groups in total. The largest absolute Gasteiger partial charge is 0.494 e. The third-order valence-corrected chi connectivity index (χ3v) is 4.64. The topological polar surface area (TPSA) is 71.4 Å². The normalized spacial score (nSPS) is 12.6. The van der Waals surface area contributed by atoms with Crippen LogP contribution >= 0.6 is 27.5 Å². The summed E-state index contributed by atoms with van der Waals surface area (Å²) in [6, 6.07) is 14.5. The zero-order valence-corrected chi connectivity index (χ0v) is 17.5. The van der Waals surface area contributed by atoms with Crippen molar-refractivity contribution in [1.29, 1.82) is 5.41 Å². The first kappa shape index (κ1) is 21.0. The summed E-state index contributed by atoms with van der Waals surface area (Å²) in [5.41, 5.74) is 1.79. The molecule has 0 saturated heterocycles. The van der Waals surface area contributed by atoms with Gasteiger partial charge in [-0.25, -0.2) is 4.79 Å². The number of halogens is 2. The lowest BCUT2D eigenvalue weighted by Crippen LogP contribution is -2.29. The predicted octanol–water partition coefficient (Wildman–Crippen LogP) is 5.94. The maximum absolute atomic E-state index is 12.4. The molecule has 0 bridgehead atoms. The SMILES string of the molecule is CO/C(=C(/NC(=O)O[C@H](C)c1ccccc1Cl)C(C)=N)c1ccc(Br)cc1. The van der Waals surface area contributed by atoms with Crippen LogP contribution < -0.4 is 5.32 Å². The number of ether oxygens (including phenoxy) is 2. The molecule has 0 heterocycles. The molecule has 27 heavy (non-hydrogen) atoms. The van der Waals surface area contributed by atoms with Crippen LogP contribution in [0.2, 0.25) is 5.02 Å². The van der Waals surface area contributed by atoms with Crippen LogP contribution in [-0.4, -0.2) is 18.9 Å². The van der Waals surface area contributed by atoms with Crippen molar-refractivity contribution in [3.8, 4) is 0 Å². The van der Waals surface area contributed by atoms with Gasteiger partial charge in [0.25, 0.3) is 0 Å². The highest BCUT2D eigenvalue weighted by Gasteiger charge is 2.19. The van der Waals surface area contributed by atoms with Crippen LogP contribution in [0.3, 0.4) is 0 Å². The van der Waals surface area contributed by atoms with E-state index in [1.54, 1.807) is 32.0 Å². The van der Waals surface area contributed by atoms with Crippen LogP contribution in [-0.2, 0) is 9.47 Å². The maximum Gasteiger partial charge on any atom is 0.412 e. The molecule has 0 aliphatic heterocycles. The number of nitrogens with one attached hydrogen (secondary N) is 2. The third-order valence-electron chi connectivity index (χ3n) is 3.77. The molecule has 1 amide bonds. The van der Waals surface area contributed by atoms with Crippen molar-refractivity contribution in [2.24, 2.45) is 0 Å². The minimum absolute atomic E-state index is 0.136. The van der Waals surface area contributed by atoms with Crippen LogP contribution in [0.15, 0.2) is 58.7 Å². The van der Waals surface area contributed by atoms with E-state index in [4.69, 9.17) is 26.5 Å². The van der Waals surface area contributed by atoms with Gasteiger partial charge < -0.3 is 14.9 Å².